The maximum Gasteiger partial charge on any atom is 0.328 e. The van der Waals surface area contributed by atoms with Crippen molar-refractivity contribution >= 4 is 29.4 Å². The van der Waals surface area contributed by atoms with Crippen LogP contribution in [0, 0.1) is 13.8 Å². The largest absolute Gasteiger partial charge is 0.454 e. The van der Waals surface area contributed by atoms with Crippen LogP contribution in [0.25, 0.3) is 0 Å². The molecular formula is C25H27ClN4O4. The molecule has 0 fully saturated rings. The molecule has 8 nitrogen and oxygen atoms in total. The Morgan fingerprint density at radius 1 is 1.06 bits per heavy atom. The van der Waals surface area contributed by atoms with Crippen molar-refractivity contribution < 1.29 is 19.1 Å². The first-order valence-electron chi connectivity index (χ1n) is 10.8. The zero-order chi connectivity index (χ0) is 24.7. The first kappa shape index (κ1) is 25.0. The lowest BCUT2D eigenvalue weighted by Crippen LogP contribution is -2.41. The van der Waals surface area contributed by atoms with Crippen LogP contribution < -0.4 is 10.6 Å². The molecule has 0 aliphatic heterocycles. The zero-order valence-electron chi connectivity index (χ0n) is 19.3. The van der Waals surface area contributed by atoms with E-state index in [4.69, 9.17) is 16.3 Å². The van der Waals surface area contributed by atoms with Crippen molar-refractivity contribution in [1.82, 2.24) is 20.4 Å². The van der Waals surface area contributed by atoms with Crippen LogP contribution in [0.15, 0.2) is 54.6 Å². The average molecular weight is 483 g/mol. The Hall–Kier alpha value is -3.65. The molecule has 0 saturated heterocycles. The van der Waals surface area contributed by atoms with E-state index in [-0.39, 0.29) is 17.1 Å². The summed E-state index contributed by atoms with van der Waals surface area (Å²) in [4.78, 5) is 36.7. The van der Waals surface area contributed by atoms with Gasteiger partial charge in [-0.2, -0.15) is 5.10 Å². The van der Waals surface area contributed by atoms with Gasteiger partial charge in [-0.15, -0.1) is 0 Å². The van der Waals surface area contributed by atoms with Crippen molar-refractivity contribution in [2.45, 2.75) is 39.9 Å². The standard InChI is InChI=1S/C25H27ClN4O4/c1-16-21(18(3)30(29-16)14-19-9-5-4-6-10-19)13-27-23(31)15-34-25(33)17(2)28-24(32)20-11-7-8-12-22(20)26/h4-12,17H,13-15H2,1-3H3,(H,27,31)(H,28,32)/t17-/m0/s1. The van der Waals surface area contributed by atoms with E-state index in [9.17, 15) is 14.4 Å². The van der Waals surface area contributed by atoms with E-state index < -0.39 is 30.4 Å². The SMILES string of the molecule is Cc1nn(Cc2ccccc2)c(C)c1CNC(=O)COC(=O)[C@H](C)NC(=O)c1ccccc1Cl. The Balaban J connectivity index is 1.47. The van der Waals surface area contributed by atoms with Crippen molar-refractivity contribution in [2.24, 2.45) is 0 Å². The summed E-state index contributed by atoms with van der Waals surface area (Å²) in [5.74, 6) is -1.68. The molecule has 2 aromatic carbocycles. The van der Waals surface area contributed by atoms with Gasteiger partial charge in [0.1, 0.15) is 6.04 Å². The highest BCUT2D eigenvalue weighted by Crippen LogP contribution is 2.16. The number of nitrogens with one attached hydrogen (secondary N) is 2. The van der Waals surface area contributed by atoms with Crippen molar-refractivity contribution in [2.75, 3.05) is 6.61 Å². The van der Waals surface area contributed by atoms with Crippen molar-refractivity contribution in [1.29, 1.82) is 0 Å². The second-order valence-electron chi connectivity index (χ2n) is 7.85. The van der Waals surface area contributed by atoms with Gasteiger partial charge in [-0.3, -0.25) is 14.3 Å². The maximum absolute atomic E-state index is 12.3. The number of ether oxygens (including phenoxy) is 1. The van der Waals surface area contributed by atoms with Crippen molar-refractivity contribution in [3.63, 3.8) is 0 Å². The topological polar surface area (TPSA) is 102 Å². The molecule has 0 bridgehead atoms. The molecule has 2 amide bonds. The van der Waals surface area contributed by atoms with Crippen LogP contribution in [-0.4, -0.2) is 40.2 Å². The summed E-state index contributed by atoms with van der Waals surface area (Å²) in [7, 11) is 0. The van der Waals surface area contributed by atoms with Crippen molar-refractivity contribution in [3.05, 3.63) is 87.7 Å². The first-order valence-corrected chi connectivity index (χ1v) is 11.2. The molecule has 2 N–H and O–H groups in total. The summed E-state index contributed by atoms with van der Waals surface area (Å²) in [6, 6.07) is 15.5. The maximum atomic E-state index is 12.3. The smallest absolute Gasteiger partial charge is 0.328 e. The monoisotopic (exact) mass is 482 g/mol. The molecule has 0 radical (unpaired) electrons. The molecule has 0 aliphatic rings. The van der Waals surface area contributed by atoms with Crippen LogP contribution in [-0.2, 0) is 27.4 Å². The highest BCUT2D eigenvalue weighted by atomic mass is 35.5. The van der Waals surface area contributed by atoms with Gasteiger partial charge in [0.05, 0.1) is 22.8 Å². The lowest BCUT2D eigenvalue weighted by atomic mass is 10.2. The predicted molar refractivity (Wildman–Crippen MR) is 128 cm³/mol. The van der Waals surface area contributed by atoms with Gasteiger partial charge in [0, 0.05) is 17.8 Å². The van der Waals surface area contributed by atoms with Gasteiger partial charge in [-0.05, 0) is 38.5 Å². The van der Waals surface area contributed by atoms with Crippen LogP contribution >= 0.6 is 11.6 Å². The number of carbonyl (C=O) groups excluding carboxylic acids is 3. The van der Waals surface area contributed by atoms with Crippen LogP contribution in [0.2, 0.25) is 5.02 Å². The Morgan fingerprint density at radius 3 is 2.44 bits per heavy atom. The third-order valence-corrected chi connectivity index (χ3v) is 5.66. The number of carbonyl (C=O) groups is 3. The molecule has 0 unspecified atom stereocenters. The molecule has 0 aliphatic carbocycles. The summed E-state index contributed by atoms with van der Waals surface area (Å²) in [6.45, 7) is 5.76. The summed E-state index contributed by atoms with van der Waals surface area (Å²) in [6.07, 6.45) is 0. The third kappa shape index (κ3) is 6.45. The molecule has 0 spiro atoms. The van der Waals surface area contributed by atoms with E-state index in [1.165, 1.54) is 6.92 Å². The van der Waals surface area contributed by atoms with E-state index in [2.05, 4.69) is 15.7 Å². The summed E-state index contributed by atoms with van der Waals surface area (Å²) in [5.41, 5.74) is 4.07. The molecule has 1 atom stereocenters. The summed E-state index contributed by atoms with van der Waals surface area (Å²) < 4.78 is 6.94. The van der Waals surface area contributed by atoms with Gasteiger partial charge < -0.3 is 15.4 Å². The molecule has 1 aromatic heterocycles. The number of aryl methyl sites for hydroxylation is 1. The average Bonchev–Trinajstić information content (AvgIpc) is 3.08. The highest BCUT2D eigenvalue weighted by molar-refractivity contribution is 6.33. The van der Waals surface area contributed by atoms with E-state index in [0.717, 1.165) is 22.5 Å². The second kappa shape index (κ2) is 11.5. The number of benzene rings is 2. The fourth-order valence-electron chi connectivity index (χ4n) is 3.38. The Kier molecular flexibility index (Phi) is 8.43. The van der Waals surface area contributed by atoms with Gasteiger partial charge in [0.2, 0.25) is 0 Å². The lowest BCUT2D eigenvalue weighted by molar-refractivity contribution is -0.150. The normalized spacial score (nSPS) is 11.5. The minimum atomic E-state index is -0.947. The fraction of sp³-hybridized carbons (Fsp3) is 0.280. The molecular weight excluding hydrogens is 456 g/mol. The van der Waals surface area contributed by atoms with Crippen LogP contribution in [0.5, 0.6) is 0 Å². The second-order valence-corrected chi connectivity index (χ2v) is 8.26. The van der Waals surface area contributed by atoms with Gasteiger partial charge in [-0.25, -0.2) is 4.79 Å². The number of esters is 1. The van der Waals surface area contributed by atoms with E-state index >= 15 is 0 Å². The molecule has 3 rings (SSSR count). The van der Waals surface area contributed by atoms with Crippen LogP contribution in [0.4, 0.5) is 0 Å². The molecule has 9 heteroatoms. The van der Waals surface area contributed by atoms with Gasteiger partial charge in [0.15, 0.2) is 6.61 Å². The lowest BCUT2D eigenvalue weighted by Gasteiger charge is -2.14. The van der Waals surface area contributed by atoms with Gasteiger partial charge in [0.25, 0.3) is 11.8 Å². The van der Waals surface area contributed by atoms with Gasteiger partial charge in [-0.1, -0.05) is 54.1 Å². The van der Waals surface area contributed by atoms with Crippen LogP contribution in [0.1, 0.15) is 39.8 Å². The third-order valence-electron chi connectivity index (χ3n) is 5.33. The molecule has 1 heterocycles. The molecule has 0 saturated carbocycles. The van der Waals surface area contributed by atoms with E-state index in [1.807, 2.05) is 48.9 Å². The number of rotatable bonds is 9. The minimum absolute atomic E-state index is 0.250. The number of halogens is 1. The molecule has 34 heavy (non-hydrogen) atoms. The highest BCUT2D eigenvalue weighted by Gasteiger charge is 2.20. The first-order chi connectivity index (χ1) is 16.3. The minimum Gasteiger partial charge on any atom is -0.454 e. The summed E-state index contributed by atoms with van der Waals surface area (Å²) in [5, 5.41) is 10.1. The Bertz CT molecular complexity index is 1180. The predicted octanol–water partition coefficient (Wildman–Crippen LogP) is 3.18. The number of nitrogens with zero attached hydrogens (tertiary/aromatic N) is 2. The van der Waals surface area contributed by atoms with Crippen LogP contribution in [0.3, 0.4) is 0 Å². The fourth-order valence-corrected chi connectivity index (χ4v) is 3.60. The number of amides is 2. The van der Waals surface area contributed by atoms with E-state index in [1.54, 1.807) is 24.3 Å². The molecule has 3 aromatic rings. The van der Waals surface area contributed by atoms with Crippen molar-refractivity contribution in [3.8, 4) is 0 Å². The number of hydrogen-bond acceptors (Lipinski definition) is 5. The zero-order valence-corrected chi connectivity index (χ0v) is 20.1. The van der Waals surface area contributed by atoms with E-state index in [0.29, 0.717) is 6.54 Å². The Labute approximate surface area is 203 Å². The number of hydrogen-bond donors (Lipinski definition) is 2. The Morgan fingerprint density at radius 2 is 1.74 bits per heavy atom. The quantitative estimate of drug-likeness (QED) is 0.456. The molecule has 178 valence electrons. The van der Waals surface area contributed by atoms with Gasteiger partial charge >= 0.3 is 5.97 Å². The summed E-state index contributed by atoms with van der Waals surface area (Å²) >= 11 is 6.00. The number of aromatic nitrogens is 2.